The van der Waals surface area contributed by atoms with E-state index in [1.165, 1.54) is 0 Å². The second-order valence-electron chi connectivity index (χ2n) is 6.58. The molecule has 4 rings (SSSR count). The Balaban J connectivity index is 1.24. The van der Waals surface area contributed by atoms with E-state index in [0.717, 1.165) is 24.2 Å². The summed E-state index contributed by atoms with van der Waals surface area (Å²) in [5.74, 6) is 1.06. The Hall–Kier alpha value is -3.61. The van der Waals surface area contributed by atoms with Crippen molar-refractivity contribution in [3.8, 4) is 17.1 Å². The molecule has 1 aliphatic rings. The van der Waals surface area contributed by atoms with Crippen molar-refractivity contribution in [1.29, 1.82) is 0 Å². The maximum atomic E-state index is 11.9. The van der Waals surface area contributed by atoms with Crippen LogP contribution in [0.5, 0.6) is 5.75 Å². The Morgan fingerprint density at radius 1 is 1.10 bits per heavy atom. The Labute approximate surface area is 167 Å². The minimum absolute atomic E-state index is 0.0644. The van der Waals surface area contributed by atoms with Crippen molar-refractivity contribution in [2.24, 2.45) is 0 Å². The average molecular weight is 392 g/mol. The van der Waals surface area contributed by atoms with E-state index in [9.17, 15) is 9.59 Å². The highest BCUT2D eigenvalue weighted by Crippen LogP contribution is 2.24. The number of rotatable bonds is 7. The third-order valence-electron chi connectivity index (χ3n) is 4.55. The van der Waals surface area contributed by atoms with Crippen molar-refractivity contribution < 1.29 is 23.5 Å². The van der Waals surface area contributed by atoms with Gasteiger partial charge >= 0.3 is 5.97 Å². The molecule has 0 bridgehead atoms. The molecule has 1 aliphatic heterocycles. The number of esters is 1. The summed E-state index contributed by atoms with van der Waals surface area (Å²) in [5.41, 5.74) is 1.74. The van der Waals surface area contributed by atoms with Crippen molar-refractivity contribution in [1.82, 2.24) is 4.98 Å². The summed E-state index contributed by atoms with van der Waals surface area (Å²) in [6, 6.07) is 16.6. The third-order valence-corrected chi connectivity index (χ3v) is 4.55. The smallest absolute Gasteiger partial charge is 0.344 e. The highest BCUT2D eigenvalue weighted by molar-refractivity contribution is 5.95. The largest absolute Gasteiger partial charge is 0.482 e. The van der Waals surface area contributed by atoms with Crippen LogP contribution in [0.2, 0.25) is 0 Å². The van der Waals surface area contributed by atoms with Crippen LogP contribution in [0.25, 0.3) is 11.3 Å². The van der Waals surface area contributed by atoms with Crippen LogP contribution < -0.4 is 9.64 Å². The van der Waals surface area contributed by atoms with Crippen LogP contribution in [0.3, 0.4) is 0 Å². The molecule has 148 valence electrons. The molecule has 0 atom stereocenters. The first-order chi connectivity index (χ1) is 14.2. The van der Waals surface area contributed by atoms with Gasteiger partial charge in [0.2, 0.25) is 11.8 Å². The Kier molecular flexibility index (Phi) is 5.56. The molecule has 2 heterocycles. The van der Waals surface area contributed by atoms with Gasteiger partial charge in [-0.15, -0.1) is 0 Å². The number of aromatic nitrogens is 1. The van der Waals surface area contributed by atoms with E-state index in [-0.39, 0.29) is 19.1 Å². The molecule has 1 aromatic heterocycles. The fourth-order valence-electron chi connectivity index (χ4n) is 3.08. The molecule has 1 amide bonds. The SMILES string of the molecule is O=C(COc1ccc(N2CCCC2=O)cc1)OCc1ncc(-c2ccccc2)o1. The lowest BCUT2D eigenvalue weighted by molar-refractivity contribution is -0.148. The van der Waals surface area contributed by atoms with Gasteiger partial charge < -0.3 is 18.8 Å². The lowest BCUT2D eigenvalue weighted by Crippen LogP contribution is -2.23. The van der Waals surface area contributed by atoms with E-state index in [1.54, 1.807) is 23.2 Å². The van der Waals surface area contributed by atoms with Crippen LogP contribution in [0.4, 0.5) is 5.69 Å². The minimum Gasteiger partial charge on any atom is -0.482 e. The molecular weight excluding hydrogens is 372 g/mol. The zero-order valence-corrected chi connectivity index (χ0v) is 15.7. The normalized spacial score (nSPS) is 13.5. The molecule has 1 saturated heterocycles. The number of anilines is 1. The first-order valence-electron chi connectivity index (χ1n) is 9.38. The maximum Gasteiger partial charge on any atom is 0.344 e. The molecule has 0 spiro atoms. The topological polar surface area (TPSA) is 81.9 Å². The number of ether oxygens (including phenoxy) is 2. The van der Waals surface area contributed by atoms with Gasteiger partial charge in [0.05, 0.1) is 6.20 Å². The van der Waals surface area contributed by atoms with E-state index < -0.39 is 5.97 Å². The fourth-order valence-corrected chi connectivity index (χ4v) is 3.08. The summed E-state index contributed by atoms with van der Waals surface area (Å²) in [5, 5.41) is 0. The van der Waals surface area contributed by atoms with E-state index in [1.807, 2.05) is 42.5 Å². The van der Waals surface area contributed by atoms with E-state index in [2.05, 4.69) is 4.98 Å². The van der Waals surface area contributed by atoms with Crippen molar-refractivity contribution in [3.63, 3.8) is 0 Å². The van der Waals surface area contributed by atoms with Crippen LogP contribution in [0.15, 0.2) is 65.2 Å². The summed E-state index contributed by atoms with van der Waals surface area (Å²) in [6.07, 6.45) is 3.06. The van der Waals surface area contributed by atoms with Crippen LogP contribution in [0.1, 0.15) is 18.7 Å². The van der Waals surface area contributed by atoms with Gasteiger partial charge in [-0.05, 0) is 30.7 Å². The standard InChI is InChI=1S/C22H20N2O5/c25-21-7-4-12-24(21)17-8-10-18(11-9-17)27-15-22(26)28-14-20-23-13-19(29-20)16-5-2-1-3-6-16/h1-3,5-6,8-11,13H,4,7,12,14-15H2. The molecule has 0 aliphatic carbocycles. The number of carbonyl (C=O) groups excluding carboxylic acids is 2. The molecule has 7 heteroatoms. The molecule has 7 nitrogen and oxygen atoms in total. The third kappa shape index (κ3) is 4.63. The number of hydrogen-bond donors (Lipinski definition) is 0. The fraction of sp³-hybridized carbons (Fsp3) is 0.227. The van der Waals surface area contributed by atoms with Gasteiger partial charge in [-0.2, -0.15) is 0 Å². The van der Waals surface area contributed by atoms with Crippen LogP contribution in [0, 0.1) is 0 Å². The van der Waals surface area contributed by atoms with E-state index in [4.69, 9.17) is 13.9 Å². The highest BCUT2D eigenvalue weighted by atomic mass is 16.6. The Morgan fingerprint density at radius 2 is 1.90 bits per heavy atom. The molecule has 3 aromatic rings. The minimum atomic E-state index is -0.525. The van der Waals surface area contributed by atoms with Gasteiger partial charge in [0.15, 0.2) is 19.0 Å². The molecular formula is C22H20N2O5. The van der Waals surface area contributed by atoms with Crippen molar-refractivity contribution in [2.75, 3.05) is 18.1 Å². The van der Waals surface area contributed by atoms with Gasteiger partial charge in [-0.3, -0.25) is 4.79 Å². The molecule has 1 fully saturated rings. The zero-order chi connectivity index (χ0) is 20.1. The first kappa shape index (κ1) is 18.7. The van der Waals surface area contributed by atoms with Crippen molar-refractivity contribution in [3.05, 3.63) is 66.7 Å². The second kappa shape index (κ2) is 8.60. The van der Waals surface area contributed by atoms with E-state index in [0.29, 0.717) is 23.8 Å². The molecule has 0 unspecified atom stereocenters. The lowest BCUT2D eigenvalue weighted by atomic mass is 10.2. The summed E-state index contributed by atoms with van der Waals surface area (Å²) in [7, 11) is 0. The Morgan fingerprint density at radius 3 is 2.62 bits per heavy atom. The summed E-state index contributed by atoms with van der Waals surface area (Å²) in [6.45, 7) is 0.442. The molecule has 2 aromatic carbocycles. The average Bonchev–Trinajstić information content (AvgIpc) is 3.41. The van der Waals surface area contributed by atoms with Gasteiger partial charge in [0.25, 0.3) is 0 Å². The van der Waals surface area contributed by atoms with Gasteiger partial charge in [0, 0.05) is 24.2 Å². The van der Waals surface area contributed by atoms with Gasteiger partial charge in [-0.25, -0.2) is 9.78 Å². The second-order valence-corrected chi connectivity index (χ2v) is 6.58. The number of carbonyl (C=O) groups is 2. The maximum absolute atomic E-state index is 11.9. The molecule has 0 radical (unpaired) electrons. The van der Waals surface area contributed by atoms with Crippen LogP contribution in [-0.2, 0) is 20.9 Å². The van der Waals surface area contributed by atoms with Crippen LogP contribution >= 0.6 is 0 Å². The van der Waals surface area contributed by atoms with E-state index >= 15 is 0 Å². The number of benzene rings is 2. The monoisotopic (exact) mass is 392 g/mol. The predicted octanol–water partition coefficient (Wildman–Crippen LogP) is 3.59. The van der Waals surface area contributed by atoms with Crippen LogP contribution in [-0.4, -0.2) is 30.0 Å². The van der Waals surface area contributed by atoms with Gasteiger partial charge in [0.1, 0.15) is 5.75 Å². The van der Waals surface area contributed by atoms with Crippen molar-refractivity contribution >= 4 is 17.6 Å². The summed E-state index contributed by atoms with van der Waals surface area (Å²) in [4.78, 5) is 29.5. The highest BCUT2D eigenvalue weighted by Gasteiger charge is 2.21. The number of hydrogen-bond acceptors (Lipinski definition) is 6. The number of nitrogens with zero attached hydrogens (tertiary/aromatic N) is 2. The zero-order valence-electron chi connectivity index (χ0n) is 15.7. The first-order valence-corrected chi connectivity index (χ1v) is 9.38. The summed E-state index contributed by atoms with van der Waals surface area (Å²) < 4.78 is 16.2. The number of oxazole rings is 1. The Bertz CT molecular complexity index is 982. The van der Waals surface area contributed by atoms with Gasteiger partial charge in [-0.1, -0.05) is 30.3 Å². The lowest BCUT2D eigenvalue weighted by Gasteiger charge is -2.16. The molecule has 0 saturated carbocycles. The summed E-state index contributed by atoms with van der Waals surface area (Å²) >= 11 is 0. The number of amides is 1. The quantitative estimate of drug-likeness (QED) is 0.572. The van der Waals surface area contributed by atoms with Crippen molar-refractivity contribution in [2.45, 2.75) is 19.4 Å². The molecule has 0 N–H and O–H groups in total. The molecule has 29 heavy (non-hydrogen) atoms. The predicted molar refractivity (Wildman–Crippen MR) is 105 cm³/mol.